The number of nitrogens with zero attached hydrogens (tertiary/aromatic N) is 2. The molecule has 0 heterocycles. The van der Waals surface area contributed by atoms with E-state index in [4.69, 9.17) is 9.47 Å². The maximum atomic E-state index is 13.7. The van der Waals surface area contributed by atoms with Crippen molar-refractivity contribution < 1.29 is 24.0 Å². The average molecular weight is 598 g/mol. The van der Waals surface area contributed by atoms with Crippen LogP contribution in [0.15, 0.2) is 77.3 Å². The molecular formula is C29H32BrN3O6. The number of hydrogen-bond donors (Lipinski definition) is 1. The zero-order valence-electron chi connectivity index (χ0n) is 22.1. The molecule has 1 N–H and O–H groups in total. The van der Waals surface area contributed by atoms with Gasteiger partial charge in [-0.3, -0.25) is 19.7 Å². The molecule has 10 heteroatoms. The van der Waals surface area contributed by atoms with E-state index in [9.17, 15) is 19.7 Å². The predicted octanol–water partition coefficient (Wildman–Crippen LogP) is 5.30. The molecule has 9 nitrogen and oxygen atoms in total. The minimum absolute atomic E-state index is 0.0200. The van der Waals surface area contributed by atoms with Gasteiger partial charge >= 0.3 is 5.69 Å². The molecule has 3 rings (SSSR count). The van der Waals surface area contributed by atoms with Gasteiger partial charge in [0.05, 0.1) is 12.0 Å². The largest absolute Gasteiger partial charge is 0.490 e. The third-order valence-corrected chi connectivity index (χ3v) is 6.78. The van der Waals surface area contributed by atoms with E-state index in [0.717, 1.165) is 22.0 Å². The molecule has 0 saturated heterocycles. The minimum atomic E-state index is -0.799. The Balaban J connectivity index is 1.91. The maximum absolute atomic E-state index is 13.7. The van der Waals surface area contributed by atoms with E-state index >= 15 is 0 Å². The van der Waals surface area contributed by atoms with E-state index in [1.807, 2.05) is 68.4 Å². The van der Waals surface area contributed by atoms with Gasteiger partial charge in [-0.15, -0.1) is 0 Å². The van der Waals surface area contributed by atoms with Crippen LogP contribution in [0.4, 0.5) is 5.69 Å². The van der Waals surface area contributed by atoms with E-state index in [2.05, 4.69) is 21.2 Å². The number of rotatable bonds is 13. The molecule has 2 amide bonds. The summed E-state index contributed by atoms with van der Waals surface area (Å²) in [5, 5.41) is 14.2. The summed E-state index contributed by atoms with van der Waals surface area (Å²) in [6.45, 7) is 3.71. The molecule has 39 heavy (non-hydrogen) atoms. The Morgan fingerprint density at radius 2 is 1.74 bits per heavy atom. The number of amides is 2. The number of nitro benzene ring substituents is 1. The second-order valence-corrected chi connectivity index (χ2v) is 9.97. The summed E-state index contributed by atoms with van der Waals surface area (Å²) < 4.78 is 11.7. The molecule has 3 aromatic carbocycles. The van der Waals surface area contributed by atoms with Crippen molar-refractivity contribution >= 4 is 33.4 Å². The number of ether oxygens (including phenoxy) is 2. The third kappa shape index (κ3) is 8.54. The molecule has 0 spiro atoms. The Bertz CT molecular complexity index is 1270. The van der Waals surface area contributed by atoms with Crippen LogP contribution in [0.2, 0.25) is 0 Å². The lowest BCUT2D eigenvalue weighted by molar-refractivity contribution is -0.385. The predicted molar refractivity (Wildman–Crippen MR) is 152 cm³/mol. The molecule has 0 aliphatic heterocycles. The van der Waals surface area contributed by atoms with Gasteiger partial charge in [0, 0.05) is 35.6 Å². The van der Waals surface area contributed by atoms with E-state index in [1.165, 1.54) is 30.2 Å². The molecular weight excluding hydrogens is 566 g/mol. The smallest absolute Gasteiger partial charge is 0.311 e. The number of carbonyl (C=O) groups is 2. The fraction of sp³-hybridized carbons (Fsp3) is 0.310. The van der Waals surface area contributed by atoms with Crippen molar-refractivity contribution in [2.45, 2.75) is 45.3 Å². The van der Waals surface area contributed by atoms with Crippen LogP contribution in [0.3, 0.4) is 0 Å². The molecule has 3 aromatic rings. The summed E-state index contributed by atoms with van der Waals surface area (Å²) in [5.41, 5.74) is 1.55. The molecule has 0 aliphatic rings. The highest BCUT2D eigenvalue weighted by Gasteiger charge is 2.31. The highest BCUT2D eigenvalue weighted by molar-refractivity contribution is 9.10. The van der Waals surface area contributed by atoms with Gasteiger partial charge in [-0.2, -0.15) is 0 Å². The van der Waals surface area contributed by atoms with Gasteiger partial charge < -0.3 is 19.7 Å². The summed E-state index contributed by atoms with van der Waals surface area (Å²) in [5.74, 6) is -0.407. The lowest BCUT2D eigenvalue weighted by atomic mass is 10.0. The lowest BCUT2D eigenvalue weighted by Gasteiger charge is -2.32. The fourth-order valence-corrected chi connectivity index (χ4v) is 4.17. The zero-order valence-corrected chi connectivity index (χ0v) is 23.7. The van der Waals surface area contributed by atoms with E-state index in [1.54, 1.807) is 0 Å². The molecule has 0 aliphatic carbocycles. The highest BCUT2D eigenvalue weighted by Crippen LogP contribution is 2.31. The van der Waals surface area contributed by atoms with Gasteiger partial charge in [0.1, 0.15) is 11.8 Å². The molecule has 0 aromatic heterocycles. The van der Waals surface area contributed by atoms with Crippen LogP contribution in [0.5, 0.6) is 11.5 Å². The first kappa shape index (κ1) is 29.6. The topological polar surface area (TPSA) is 111 Å². The summed E-state index contributed by atoms with van der Waals surface area (Å²) in [6.07, 6.45) is 1.06. The number of methoxy groups -OCH3 is 1. The maximum Gasteiger partial charge on any atom is 0.311 e. The van der Waals surface area contributed by atoms with Crippen molar-refractivity contribution in [2.75, 3.05) is 13.7 Å². The number of nitrogens with one attached hydrogen (secondary N) is 1. The Morgan fingerprint density at radius 1 is 1.05 bits per heavy atom. The van der Waals surface area contributed by atoms with Crippen molar-refractivity contribution in [3.63, 3.8) is 0 Å². The first-order chi connectivity index (χ1) is 18.7. The number of benzene rings is 3. The Morgan fingerprint density at radius 3 is 2.36 bits per heavy atom. The summed E-state index contributed by atoms with van der Waals surface area (Å²) in [6, 6.07) is 20.2. The second-order valence-electron chi connectivity index (χ2n) is 9.05. The Labute approximate surface area is 236 Å². The molecule has 2 atom stereocenters. The van der Waals surface area contributed by atoms with Crippen LogP contribution >= 0.6 is 15.9 Å². The fourth-order valence-electron chi connectivity index (χ4n) is 3.91. The lowest BCUT2D eigenvalue weighted by Crippen LogP contribution is -2.53. The average Bonchev–Trinajstić information content (AvgIpc) is 2.94. The Kier molecular flexibility index (Phi) is 10.9. The van der Waals surface area contributed by atoms with Gasteiger partial charge in [-0.25, -0.2) is 0 Å². The second kappa shape index (κ2) is 14.3. The van der Waals surface area contributed by atoms with Crippen LogP contribution < -0.4 is 14.8 Å². The molecule has 0 saturated carbocycles. The summed E-state index contributed by atoms with van der Waals surface area (Å²) >= 11 is 3.43. The molecule has 0 unspecified atom stereocenters. The van der Waals surface area contributed by atoms with E-state index in [-0.39, 0.29) is 42.3 Å². The van der Waals surface area contributed by atoms with Gasteiger partial charge in [0.15, 0.2) is 6.61 Å². The molecule has 0 fully saturated rings. The van der Waals surface area contributed by atoms with Gasteiger partial charge in [-0.05, 0) is 42.7 Å². The zero-order chi connectivity index (χ0) is 28.4. The quantitative estimate of drug-likeness (QED) is 0.211. The number of hydrogen-bond acceptors (Lipinski definition) is 6. The van der Waals surface area contributed by atoms with Crippen LogP contribution in [-0.2, 0) is 22.6 Å². The van der Waals surface area contributed by atoms with Crippen LogP contribution in [-0.4, -0.2) is 47.4 Å². The normalized spacial score (nSPS) is 12.2. The van der Waals surface area contributed by atoms with Crippen molar-refractivity contribution in [1.29, 1.82) is 0 Å². The van der Waals surface area contributed by atoms with Crippen molar-refractivity contribution in [1.82, 2.24) is 10.2 Å². The standard InChI is InChI=1S/C29H32BrN3O6/c1-4-20(2)31-29(35)26(16-21-8-6-5-7-9-21)32(18-22-10-12-23(30)13-11-22)28(34)19-39-24-14-15-25(33(36)37)27(17-24)38-3/h5-15,17,20,26H,4,16,18-19H2,1-3H3,(H,31,35)/t20-,26-/m1/s1. The number of halogens is 1. The van der Waals surface area contributed by atoms with Crippen molar-refractivity contribution in [3.05, 3.63) is 98.5 Å². The monoisotopic (exact) mass is 597 g/mol. The van der Waals surface area contributed by atoms with Crippen molar-refractivity contribution in [3.8, 4) is 11.5 Å². The minimum Gasteiger partial charge on any atom is -0.490 e. The summed E-state index contributed by atoms with van der Waals surface area (Å²) in [4.78, 5) is 39.4. The number of nitro groups is 1. The molecule has 206 valence electrons. The third-order valence-electron chi connectivity index (χ3n) is 6.25. The van der Waals surface area contributed by atoms with Gasteiger partial charge in [0.2, 0.25) is 11.7 Å². The first-order valence-electron chi connectivity index (χ1n) is 12.5. The van der Waals surface area contributed by atoms with Gasteiger partial charge in [0.25, 0.3) is 5.91 Å². The van der Waals surface area contributed by atoms with Crippen LogP contribution in [0, 0.1) is 10.1 Å². The summed E-state index contributed by atoms with van der Waals surface area (Å²) in [7, 11) is 1.32. The van der Waals surface area contributed by atoms with E-state index in [0.29, 0.717) is 6.42 Å². The number of carbonyl (C=O) groups excluding carboxylic acids is 2. The SMILES string of the molecule is CC[C@@H](C)NC(=O)[C@@H](Cc1ccccc1)N(Cc1ccc(Br)cc1)C(=O)COc1ccc([N+](=O)[O-])c(OC)c1. The molecule has 0 radical (unpaired) electrons. The first-order valence-corrected chi connectivity index (χ1v) is 13.3. The Hall–Kier alpha value is -3.92. The van der Waals surface area contributed by atoms with Crippen LogP contribution in [0.25, 0.3) is 0 Å². The van der Waals surface area contributed by atoms with Crippen LogP contribution in [0.1, 0.15) is 31.4 Å². The van der Waals surface area contributed by atoms with Gasteiger partial charge in [-0.1, -0.05) is 65.3 Å². The molecule has 0 bridgehead atoms. The van der Waals surface area contributed by atoms with E-state index < -0.39 is 16.9 Å². The highest BCUT2D eigenvalue weighted by atomic mass is 79.9. The van der Waals surface area contributed by atoms with Crippen molar-refractivity contribution in [2.24, 2.45) is 0 Å².